The second-order valence-corrected chi connectivity index (χ2v) is 12.5. The molecule has 0 radical (unpaired) electrons. The fourth-order valence-electron chi connectivity index (χ4n) is 5.86. The van der Waals surface area contributed by atoms with Crippen LogP contribution in [0.3, 0.4) is 0 Å². The summed E-state index contributed by atoms with van der Waals surface area (Å²) < 4.78 is 11.8. The van der Waals surface area contributed by atoms with Crippen molar-refractivity contribution in [3.63, 3.8) is 0 Å². The van der Waals surface area contributed by atoms with Crippen molar-refractivity contribution in [2.24, 2.45) is 5.10 Å². The molecule has 3 aromatic rings. The first kappa shape index (κ1) is 29.8. The number of benzene rings is 2. The molecular formula is C31H37BN6O6. The molecule has 0 bridgehead atoms. The van der Waals surface area contributed by atoms with E-state index in [1.54, 1.807) is 39.1 Å². The Hall–Kier alpha value is -4.23. The number of fused-ring (bicyclic) bond motifs is 2. The van der Waals surface area contributed by atoms with E-state index in [1.165, 1.54) is 11.1 Å². The standard InChI is InChI=1S/C31H37BN6O6/c1-31(2,3)44-30(41)37-15-5-7-25(37)28(40)38-32(42)24-16-21(10-9-19(24)18-34-38)35-29-33-17-20-6-4-8-26(27(20)36-29)43-23-13-11-22(39)12-14-23/h4,6,8-10,16-18,22-23,25,39,42H,5,7,11-15H2,1-3H3,(H,33,35,36). The van der Waals surface area contributed by atoms with Gasteiger partial charge in [0.2, 0.25) is 5.95 Å². The summed E-state index contributed by atoms with van der Waals surface area (Å²) in [7, 11) is -1.35. The Morgan fingerprint density at radius 3 is 2.66 bits per heavy atom. The zero-order valence-electron chi connectivity index (χ0n) is 25.1. The van der Waals surface area contributed by atoms with E-state index < -0.39 is 30.7 Å². The van der Waals surface area contributed by atoms with Crippen LogP contribution in [0.2, 0.25) is 0 Å². The van der Waals surface area contributed by atoms with E-state index in [1.807, 2.05) is 24.3 Å². The summed E-state index contributed by atoms with van der Waals surface area (Å²) in [4.78, 5) is 37.9. The van der Waals surface area contributed by atoms with Gasteiger partial charge in [0.1, 0.15) is 22.9 Å². The topological polar surface area (TPSA) is 150 Å². The summed E-state index contributed by atoms with van der Waals surface area (Å²) in [6, 6.07) is 10.3. The monoisotopic (exact) mass is 600 g/mol. The summed E-state index contributed by atoms with van der Waals surface area (Å²) in [5.41, 5.74) is 1.73. The van der Waals surface area contributed by atoms with Gasteiger partial charge in [-0.25, -0.2) is 19.7 Å². The van der Waals surface area contributed by atoms with Crippen molar-refractivity contribution in [1.82, 2.24) is 19.8 Å². The summed E-state index contributed by atoms with van der Waals surface area (Å²) >= 11 is 0. The van der Waals surface area contributed by atoms with Crippen LogP contribution >= 0.6 is 0 Å². The number of amides is 2. The van der Waals surface area contributed by atoms with Crippen LogP contribution in [0.25, 0.3) is 10.9 Å². The number of aliphatic hydroxyl groups is 1. The molecule has 44 heavy (non-hydrogen) atoms. The Morgan fingerprint density at radius 1 is 1.09 bits per heavy atom. The molecule has 1 unspecified atom stereocenters. The van der Waals surface area contributed by atoms with Crippen LogP contribution in [0.5, 0.6) is 5.75 Å². The predicted molar refractivity (Wildman–Crippen MR) is 166 cm³/mol. The first-order valence-corrected chi connectivity index (χ1v) is 15.1. The zero-order valence-corrected chi connectivity index (χ0v) is 25.1. The number of para-hydroxylation sites is 1. The molecule has 1 saturated carbocycles. The SMILES string of the molecule is CC(C)(C)OC(=O)N1CCCC1C(=O)N1N=Cc2ccc(Nc3ncc4cccc(OC5CCC(O)CC5)c4n3)cc2B1O. The van der Waals surface area contributed by atoms with Crippen LogP contribution in [-0.4, -0.2) is 85.6 Å². The van der Waals surface area contributed by atoms with E-state index in [2.05, 4.69) is 15.4 Å². The average Bonchev–Trinajstić information content (AvgIpc) is 3.49. The molecule has 3 aliphatic rings. The molecule has 0 spiro atoms. The predicted octanol–water partition coefficient (Wildman–Crippen LogP) is 3.32. The largest absolute Gasteiger partial charge is 0.488 e. The molecule has 2 fully saturated rings. The van der Waals surface area contributed by atoms with E-state index in [0.29, 0.717) is 53.3 Å². The van der Waals surface area contributed by atoms with Crippen LogP contribution < -0.4 is 15.5 Å². The molecule has 2 amide bonds. The van der Waals surface area contributed by atoms with Crippen LogP contribution in [0.15, 0.2) is 47.7 Å². The molecule has 13 heteroatoms. The minimum atomic E-state index is -1.35. The van der Waals surface area contributed by atoms with Gasteiger partial charge in [0.25, 0.3) is 5.91 Å². The van der Waals surface area contributed by atoms with Crippen LogP contribution in [0.4, 0.5) is 16.4 Å². The molecule has 3 heterocycles. The highest BCUT2D eigenvalue weighted by atomic mass is 16.6. The highest BCUT2D eigenvalue weighted by Gasteiger charge is 2.43. The quantitative estimate of drug-likeness (QED) is 0.375. The number of nitrogens with one attached hydrogen (secondary N) is 1. The number of hydrazone groups is 1. The van der Waals surface area contributed by atoms with Gasteiger partial charge >= 0.3 is 13.1 Å². The third kappa shape index (κ3) is 6.34. The van der Waals surface area contributed by atoms with Crippen molar-refractivity contribution >= 4 is 53.3 Å². The lowest BCUT2D eigenvalue weighted by atomic mass is 9.69. The summed E-state index contributed by atoms with van der Waals surface area (Å²) in [6.45, 7) is 5.72. The Labute approximate surface area is 256 Å². The maximum absolute atomic E-state index is 13.5. The van der Waals surface area contributed by atoms with Gasteiger partial charge < -0.3 is 24.9 Å². The maximum Gasteiger partial charge on any atom is 0.474 e. The first-order valence-electron chi connectivity index (χ1n) is 15.1. The number of carbonyl (C=O) groups excluding carboxylic acids is 2. The third-order valence-electron chi connectivity index (χ3n) is 8.08. The summed E-state index contributed by atoms with van der Waals surface area (Å²) in [5, 5.41) is 29.4. The molecule has 1 aliphatic carbocycles. The first-order chi connectivity index (χ1) is 21.1. The van der Waals surface area contributed by atoms with Crippen LogP contribution in [-0.2, 0) is 9.53 Å². The summed E-state index contributed by atoms with van der Waals surface area (Å²) in [5.74, 6) is 0.533. The van der Waals surface area contributed by atoms with Crippen molar-refractivity contribution in [2.45, 2.75) is 83.1 Å². The second kappa shape index (κ2) is 12.0. The number of ether oxygens (including phenoxy) is 2. The molecule has 2 aromatic carbocycles. The Balaban J connectivity index is 1.18. The molecule has 6 rings (SSSR count). The van der Waals surface area contributed by atoms with Gasteiger partial charge in [-0.1, -0.05) is 18.2 Å². The number of anilines is 2. The number of carbonyl (C=O) groups is 2. The fourth-order valence-corrected chi connectivity index (χ4v) is 5.86. The van der Waals surface area contributed by atoms with Crippen LogP contribution in [0, 0.1) is 0 Å². The summed E-state index contributed by atoms with van der Waals surface area (Å²) in [6.07, 6.45) is 6.56. The van der Waals surface area contributed by atoms with Crippen molar-refractivity contribution in [3.05, 3.63) is 48.2 Å². The molecule has 1 saturated heterocycles. The van der Waals surface area contributed by atoms with Crippen molar-refractivity contribution in [2.75, 3.05) is 11.9 Å². The molecule has 2 aliphatic heterocycles. The Bertz CT molecular complexity index is 1590. The number of rotatable bonds is 5. The van der Waals surface area contributed by atoms with Gasteiger partial charge in [-0.2, -0.15) is 5.10 Å². The van der Waals surface area contributed by atoms with Gasteiger partial charge in [-0.05, 0) is 88.5 Å². The Kier molecular flexibility index (Phi) is 8.17. The normalized spacial score (nSPS) is 21.8. The minimum absolute atomic E-state index is 0.0188. The molecule has 12 nitrogen and oxygen atoms in total. The van der Waals surface area contributed by atoms with E-state index in [0.717, 1.165) is 36.0 Å². The lowest BCUT2D eigenvalue weighted by Gasteiger charge is -2.32. The van der Waals surface area contributed by atoms with Gasteiger partial charge in [0.05, 0.1) is 18.4 Å². The maximum atomic E-state index is 13.5. The van der Waals surface area contributed by atoms with Gasteiger partial charge in [0, 0.05) is 23.8 Å². The molecule has 1 aromatic heterocycles. The highest BCUT2D eigenvalue weighted by molar-refractivity contribution is 6.67. The van der Waals surface area contributed by atoms with E-state index in [-0.39, 0.29) is 12.2 Å². The van der Waals surface area contributed by atoms with Gasteiger partial charge in [-0.15, -0.1) is 0 Å². The lowest BCUT2D eigenvalue weighted by molar-refractivity contribution is -0.132. The molecular weight excluding hydrogens is 563 g/mol. The minimum Gasteiger partial charge on any atom is -0.488 e. The molecule has 3 N–H and O–H groups in total. The van der Waals surface area contributed by atoms with Crippen molar-refractivity contribution in [3.8, 4) is 5.75 Å². The van der Waals surface area contributed by atoms with E-state index in [4.69, 9.17) is 14.5 Å². The number of hydrogen-bond acceptors (Lipinski definition) is 10. The van der Waals surface area contributed by atoms with Crippen LogP contribution in [0.1, 0.15) is 64.9 Å². The fraction of sp³-hybridized carbons (Fsp3) is 0.452. The highest BCUT2D eigenvalue weighted by Crippen LogP contribution is 2.30. The number of aliphatic hydroxyl groups excluding tert-OH is 1. The zero-order chi connectivity index (χ0) is 31.0. The molecule has 230 valence electrons. The number of likely N-dealkylation sites (tertiary alicyclic amines) is 1. The van der Waals surface area contributed by atoms with Gasteiger partial charge in [0.15, 0.2) is 0 Å². The number of aromatic nitrogens is 2. The van der Waals surface area contributed by atoms with Gasteiger partial charge in [-0.3, -0.25) is 9.69 Å². The third-order valence-corrected chi connectivity index (χ3v) is 8.08. The van der Waals surface area contributed by atoms with E-state index in [9.17, 15) is 19.7 Å². The molecule has 1 atom stereocenters. The average molecular weight is 600 g/mol. The van der Waals surface area contributed by atoms with Crippen molar-refractivity contribution in [1.29, 1.82) is 0 Å². The van der Waals surface area contributed by atoms with E-state index >= 15 is 0 Å². The number of hydrogen-bond donors (Lipinski definition) is 3. The second-order valence-electron chi connectivity index (χ2n) is 12.5. The number of nitrogens with zero attached hydrogens (tertiary/aromatic N) is 5. The smallest absolute Gasteiger partial charge is 0.474 e. The van der Waals surface area contributed by atoms with Crippen molar-refractivity contribution < 1.29 is 29.2 Å². The Morgan fingerprint density at radius 2 is 1.89 bits per heavy atom. The lowest BCUT2D eigenvalue weighted by Crippen LogP contribution is -2.57.